The molecule has 0 spiro atoms. The summed E-state index contributed by atoms with van der Waals surface area (Å²) in [7, 11) is 0. The number of nitrogens with two attached hydrogens (primary N) is 1. The molecule has 0 atom stereocenters. The lowest BCUT2D eigenvalue weighted by molar-refractivity contribution is 0.0526. The van der Waals surface area contributed by atoms with Crippen LogP contribution < -0.4 is 5.73 Å². The SMILES string of the molecule is CCOC(=O)c1c(C)nc2sc(C#N)c(N)c2c1-c1ccc(Cl)cc1. The van der Waals surface area contributed by atoms with Crippen molar-refractivity contribution < 1.29 is 9.53 Å². The van der Waals surface area contributed by atoms with Gasteiger partial charge in [-0.2, -0.15) is 5.26 Å². The van der Waals surface area contributed by atoms with Gasteiger partial charge in [0.05, 0.1) is 23.6 Å². The zero-order chi connectivity index (χ0) is 18.1. The Morgan fingerprint density at radius 2 is 2.08 bits per heavy atom. The molecule has 3 rings (SSSR count). The second-order valence-corrected chi connectivity index (χ2v) is 6.75. The van der Waals surface area contributed by atoms with Crippen LogP contribution in [0.2, 0.25) is 5.02 Å². The van der Waals surface area contributed by atoms with E-state index in [0.717, 1.165) is 5.56 Å². The second-order valence-electron chi connectivity index (χ2n) is 5.31. The van der Waals surface area contributed by atoms with E-state index in [-0.39, 0.29) is 6.61 Å². The highest BCUT2D eigenvalue weighted by atomic mass is 35.5. The Bertz CT molecular complexity index is 1020. The summed E-state index contributed by atoms with van der Waals surface area (Å²) in [5, 5.41) is 10.5. The minimum atomic E-state index is -0.469. The molecule has 25 heavy (non-hydrogen) atoms. The molecule has 0 saturated heterocycles. The topological polar surface area (TPSA) is 89.0 Å². The molecular formula is C18H14ClN3O2S. The largest absolute Gasteiger partial charge is 0.462 e. The molecule has 3 aromatic rings. The Morgan fingerprint density at radius 3 is 2.68 bits per heavy atom. The van der Waals surface area contributed by atoms with E-state index in [4.69, 9.17) is 22.1 Å². The van der Waals surface area contributed by atoms with Gasteiger partial charge in [-0.1, -0.05) is 23.7 Å². The minimum Gasteiger partial charge on any atom is -0.462 e. The normalized spacial score (nSPS) is 10.6. The molecule has 1 aromatic carbocycles. The van der Waals surface area contributed by atoms with Gasteiger partial charge in [0.2, 0.25) is 0 Å². The summed E-state index contributed by atoms with van der Waals surface area (Å²) in [5.41, 5.74) is 8.77. The summed E-state index contributed by atoms with van der Waals surface area (Å²) in [4.78, 5) is 18.0. The van der Waals surface area contributed by atoms with E-state index in [1.165, 1.54) is 11.3 Å². The lowest BCUT2D eigenvalue weighted by Gasteiger charge is -2.14. The number of hydrogen-bond acceptors (Lipinski definition) is 6. The summed E-state index contributed by atoms with van der Waals surface area (Å²) in [6.07, 6.45) is 0. The van der Waals surface area contributed by atoms with Gasteiger partial charge >= 0.3 is 5.97 Å². The summed E-state index contributed by atoms with van der Waals surface area (Å²) in [5.74, 6) is -0.469. The molecule has 5 nitrogen and oxygen atoms in total. The number of hydrogen-bond donors (Lipinski definition) is 1. The van der Waals surface area contributed by atoms with Crippen LogP contribution in [-0.4, -0.2) is 17.6 Å². The Kier molecular flexibility index (Phi) is 4.62. The second kappa shape index (κ2) is 6.71. The minimum absolute atomic E-state index is 0.249. The molecule has 0 aliphatic heterocycles. The number of benzene rings is 1. The molecule has 2 aromatic heterocycles. The highest BCUT2D eigenvalue weighted by Gasteiger charge is 2.25. The van der Waals surface area contributed by atoms with E-state index in [2.05, 4.69) is 11.1 Å². The van der Waals surface area contributed by atoms with Crippen LogP contribution in [0.15, 0.2) is 24.3 Å². The predicted octanol–water partition coefficient (Wildman–Crippen LogP) is 4.56. The maximum Gasteiger partial charge on any atom is 0.340 e. The number of halogens is 1. The number of thiophene rings is 1. The van der Waals surface area contributed by atoms with Crippen molar-refractivity contribution in [2.75, 3.05) is 12.3 Å². The summed E-state index contributed by atoms with van der Waals surface area (Å²) < 4.78 is 5.21. The van der Waals surface area contributed by atoms with Crippen LogP contribution in [0.4, 0.5) is 5.69 Å². The smallest absolute Gasteiger partial charge is 0.340 e. The molecule has 0 aliphatic rings. The number of esters is 1. The summed E-state index contributed by atoms with van der Waals surface area (Å²) >= 11 is 7.20. The lowest BCUT2D eigenvalue weighted by atomic mass is 9.95. The van der Waals surface area contributed by atoms with Crippen molar-refractivity contribution in [3.05, 3.63) is 45.4 Å². The Hall–Kier alpha value is -2.62. The predicted molar refractivity (Wildman–Crippen MR) is 99.9 cm³/mol. The maximum absolute atomic E-state index is 12.6. The number of pyridine rings is 1. The first-order chi connectivity index (χ1) is 12.0. The van der Waals surface area contributed by atoms with Crippen molar-refractivity contribution in [3.8, 4) is 17.2 Å². The zero-order valence-corrected chi connectivity index (χ0v) is 15.2. The van der Waals surface area contributed by atoms with Crippen LogP contribution >= 0.6 is 22.9 Å². The van der Waals surface area contributed by atoms with E-state index in [1.807, 2.05) is 12.1 Å². The number of carbonyl (C=O) groups excluding carboxylic acids is 1. The van der Waals surface area contributed by atoms with Crippen LogP contribution in [0.1, 0.15) is 27.9 Å². The number of ether oxygens (including phenoxy) is 1. The fourth-order valence-corrected chi connectivity index (χ4v) is 3.78. The average molecular weight is 372 g/mol. The van der Waals surface area contributed by atoms with Crippen molar-refractivity contribution in [2.45, 2.75) is 13.8 Å². The van der Waals surface area contributed by atoms with Gasteiger partial charge in [0.25, 0.3) is 0 Å². The highest BCUT2D eigenvalue weighted by Crippen LogP contribution is 2.42. The fourth-order valence-electron chi connectivity index (χ4n) is 2.71. The van der Waals surface area contributed by atoms with E-state index in [1.54, 1.807) is 26.0 Å². The van der Waals surface area contributed by atoms with E-state index in [9.17, 15) is 10.1 Å². The van der Waals surface area contributed by atoms with Crippen molar-refractivity contribution in [2.24, 2.45) is 0 Å². The molecule has 126 valence electrons. The molecule has 0 radical (unpaired) electrons. The number of nitrogens with zero attached hydrogens (tertiary/aromatic N) is 2. The first-order valence-electron chi connectivity index (χ1n) is 7.53. The molecule has 2 heterocycles. The third-order valence-corrected chi connectivity index (χ3v) is 5.03. The van der Waals surface area contributed by atoms with Gasteiger partial charge in [0, 0.05) is 16.0 Å². The van der Waals surface area contributed by atoms with Crippen molar-refractivity contribution in [3.63, 3.8) is 0 Å². The summed E-state index contributed by atoms with van der Waals surface area (Å²) in [6, 6.07) is 9.17. The number of rotatable bonds is 3. The van der Waals surface area contributed by atoms with Crippen molar-refractivity contribution in [1.29, 1.82) is 5.26 Å². The number of carbonyl (C=O) groups is 1. The van der Waals surface area contributed by atoms with E-state index in [0.29, 0.717) is 42.6 Å². The molecule has 0 bridgehead atoms. The fraction of sp³-hybridized carbons (Fsp3) is 0.167. The molecule has 0 aliphatic carbocycles. The van der Waals surface area contributed by atoms with Crippen LogP contribution in [0, 0.1) is 18.3 Å². The number of aryl methyl sites for hydroxylation is 1. The molecule has 0 amide bonds. The van der Waals surface area contributed by atoms with Crippen LogP contribution in [0.3, 0.4) is 0 Å². The standard InChI is InChI=1S/C18H14ClN3O2S/c1-3-24-18(23)13-9(2)22-17-15(16(21)12(8-20)25-17)14(13)10-4-6-11(19)7-5-10/h4-7H,3,21H2,1-2H3. The first kappa shape index (κ1) is 17.2. The average Bonchev–Trinajstić information content (AvgIpc) is 2.90. The van der Waals surface area contributed by atoms with Gasteiger partial charge < -0.3 is 10.5 Å². The third-order valence-electron chi connectivity index (χ3n) is 3.77. The van der Waals surface area contributed by atoms with Gasteiger partial charge in [0.15, 0.2) is 0 Å². The molecule has 0 saturated carbocycles. The van der Waals surface area contributed by atoms with Crippen molar-refractivity contribution >= 4 is 44.8 Å². The first-order valence-corrected chi connectivity index (χ1v) is 8.73. The lowest BCUT2D eigenvalue weighted by Crippen LogP contribution is -2.10. The third kappa shape index (κ3) is 2.93. The monoisotopic (exact) mass is 371 g/mol. The van der Waals surface area contributed by atoms with Crippen LogP contribution in [0.5, 0.6) is 0 Å². The Labute approximate surface area is 153 Å². The quantitative estimate of drug-likeness (QED) is 0.682. The number of anilines is 1. The van der Waals surface area contributed by atoms with Gasteiger partial charge in [-0.25, -0.2) is 9.78 Å². The molecule has 7 heteroatoms. The van der Waals surface area contributed by atoms with Crippen molar-refractivity contribution in [1.82, 2.24) is 4.98 Å². The van der Waals surface area contributed by atoms with E-state index < -0.39 is 5.97 Å². The number of nitrogen functional groups attached to an aromatic ring is 1. The maximum atomic E-state index is 12.6. The highest BCUT2D eigenvalue weighted by molar-refractivity contribution is 7.20. The molecule has 0 unspecified atom stereocenters. The van der Waals surface area contributed by atoms with E-state index >= 15 is 0 Å². The van der Waals surface area contributed by atoms with Gasteiger partial charge in [-0.15, -0.1) is 11.3 Å². The zero-order valence-electron chi connectivity index (χ0n) is 13.6. The Morgan fingerprint density at radius 1 is 1.40 bits per heavy atom. The van der Waals surface area contributed by atoms with Crippen LogP contribution in [0.25, 0.3) is 21.3 Å². The van der Waals surface area contributed by atoms with Gasteiger partial charge in [0.1, 0.15) is 15.8 Å². The molecule has 0 fully saturated rings. The van der Waals surface area contributed by atoms with Crippen LogP contribution in [-0.2, 0) is 4.74 Å². The number of fused-ring (bicyclic) bond motifs is 1. The van der Waals surface area contributed by atoms with Gasteiger partial charge in [-0.05, 0) is 31.5 Å². The molecule has 2 N–H and O–H groups in total. The molecular weight excluding hydrogens is 358 g/mol. The number of aromatic nitrogens is 1. The Balaban J connectivity index is 2.45. The number of nitriles is 1. The van der Waals surface area contributed by atoms with Gasteiger partial charge in [-0.3, -0.25) is 0 Å². The summed E-state index contributed by atoms with van der Waals surface area (Å²) in [6.45, 7) is 3.74.